The van der Waals surface area contributed by atoms with Crippen molar-refractivity contribution in [2.75, 3.05) is 7.11 Å². The van der Waals surface area contributed by atoms with Gasteiger partial charge in [0.05, 0.1) is 12.7 Å². The van der Waals surface area contributed by atoms with E-state index in [0.717, 1.165) is 5.56 Å². The maximum absolute atomic E-state index is 11.8. The first kappa shape index (κ1) is 16.8. The Balaban J connectivity index is 1.98. The number of methoxy groups -OCH3 is 1. The van der Waals surface area contributed by atoms with Gasteiger partial charge in [-0.1, -0.05) is 54.1 Å². The van der Waals surface area contributed by atoms with Gasteiger partial charge in [-0.05, 0) is 29.3 Å². The first-order valence-corrected chi connectivity index (χ1v) is 7.24. The Bertz CT molecular complexity index is 706. The number of rotatable bonds is 5. The number of esters is 2. The van der Waals surface area contributed by atoms with E-state index in [4.69, 9.17) is 16.3 Å². The van der Waals surface area contributed by atoms with Gasteiger partial charge in [-0.15, -0.1) is 0 Å². The predicted molar refractivity (Wildman–Crippen MR) is 87.8 cm³/mol. The highest BCUT2D eigenvalue weighted by atomic mass is 35.5. The maximum atomic E-state index is 11.8. The van der Waals surface area contributed by atoms with Crippen molar-refractivity contribution < 1.29 is 19.1 Å². The Labute approximate surface area is 139 Å². The lowest BCUT2D eigenvalue weighted by molar-refractivity contribution is -0.139. The molecule has 0 fully saturated rings. The number of halogens is 1. The Morgan fingerprint density at radius 3 is 2.30 bits per heavy atom. The predicted octanol–water partition coefficient (Wildman–Crippen LogP) is 3.80. The molecule has 0 radical (unpaired) electrons. The molecule has 0 bridgehead atoms. The number of ether oxygens (including phenoxy) is 2. The Morgan fingerprint density at radius 1 is 1.04 bits per heavy atom. The summed E-state index contributed by atoms with van der Waals surface area (Å²) < 4.78 is 9.74. The number of carbonyl (C=O) groups is 2. The van der Waals surface area contributed by atoms with E-state index in [2.05, 4.69) is 4.74 Å². The summed E-state index contributed by atoms with van der Waals surface area (Å²) in [4.78, 5) is 23.2. The molecule has 0 spiro atoms. The molecule has 2 aromatic carbocycles. The highest BCUT2D eigenvalue weighted by molar-refractivity contribution is 6.43. The second kappa shape index (κ2) is 8.15. The molecular weight excluding hydrogens is 316 g/mol. The minimum Gasteiger partial charge on any atom is -0.465 e. The summed E-state index contributed by atoms with van der Waals surface area (Å²) in [7, 11) is 1.32. The van der Waals surface area contributed by atoms with Crippen LogP contribution in [0.2, 0.25) is 0 Å². The van der Waals surface area contributed by atoms with Gasteiger partial charge in [0.1, 0.15) is 11.6 Å². The summed E-state index contributed by atoms with van der Waals surface area (Å²) in [5.41, 5.74) is 1.99. The van der Waals surface area contributed by atoms with Gasteiger partial charge in [0.15, 0.2) is 0 Å². The van der Waals surface area contributed by atoms with Crippen molar-refractivity contribution in [1.29, 1.82) is 0 Å². The zero-order valence-electron chi connectivity index (χ0n) is 12.5. The summed E-state index contributed by atoms with van der Waals surface area (Å²) in [5, 5.41) is -0.0354. The molecule has 5 heteroatoms. The normalized spacial score (nSPS) is 11.0. The third-order valence-corrected chi connectivity index (χ3v) is 3.30. The fourth-order valence-electron chi connectivity index (χ4n) is 1.83. The summed E-state index contributed by atoms with van der Waals surface area (Å²) in [5.74, 6) is -1.03. The molecule has 0 saturated carbocycles. The average molecular weight is 331 g/mol. The van der Waals surface area contributed by atoms with E-state index in [-0.39, 0.29) is 11.6 Å². The van der Waals surface area contributed by atoms with Crippen LogP contribution in [0.1, 0.15) is 21.5 Å². The smallest absolute Gasteiger partial charge is 0.350 e. The molecule has 0 aliphatic carbocycles. The van der Waals surface area contributed by atoms with Crippen molar-refractivity contribution in [3.63, 3.8) is 0 Å². The first-order chi connectivity index (χ1) is 11.1. The number of benzene rings is 2. The summed E-state index contributed by atoms with van der Waals surface area (Å²) >= 11 is 5.96. The van der Waals surface area contributed by atoms with Crippen LogP contribution >= 0.6 is 11.6 Å². The molecule has 0 unspecified atom stereocenters. The Kier molecular flexibility index (Phi) is 5.94. The monoisotopic (exact) mass is 330 g/mol. The van der Waals surface area contributed by atoms with Crippen LogP contribution in [0.4, 0.5) is 0 Å². The lowest BCUT2D eigenvalue weighted by atomic mass is 10.1. The first-order valence-electron chi connectivity index (χ1n) is 6.87. The Hall–Kier alpha value is -2.59. The van der Waals surface area contributed by atoms with Crippen LogP contribution in [0.5, 0.6) is 0 Å². The fourth-order valence-corrected chi connectivity index (χ4v) is 2.01. The molecule has 4 nitrogen and oxygen atoms in total. The lowest BCUT2D eigenvalue weighted by Gasteiger charge is -2.04. The zero-order valence-corrected chi connectivity index (χ0v) is 13.2. The lowest BCUT2D eigenvalue weighted by Crippen LogP contribution is -2.04. The van der Waals surface area contributed by atoms with Crippen LogP contribution < -0.4 is 0 Å². The van der Waals surface area contributed by atoms with Crippen LogP contribution in [0.25, 0.3) is 6.08 Å². The van der Waals surface area contributed by atoms with Crippen LogP contribution in [-0.2, 0) is 20.9 Å². The van der Waals surface area contributed by atoms with Gasteiger partial charge in [0.25, 0.3) is 0 Å². The van der Waals surface area contributed by atoms with Gasteiger partial charge < -0.3 is 9.47 Å². The van der Waals surface area contributed by atoms with E-state index < -0.39 is 11.9 Å². The van der Waals surface area contributed by atoms with Crippen molar-refractivity contribution in [3.05, 3.63) is 76.3 Å². The standard InChI is InChI=1S/C18H15ClO4/c1-22-17(20)15-9-7-13(8-10-15)11-16(19)18(21)23-12-14-5-3-2-4-6-14/h2-11H,12H2,1H3/b16-11-. The van der Waals surface area contributed by atoms with Crippen molar-refractivity contribution in [2.45, 2.75) is 6.61 Å². The van der Waals surface area contributed by atoms with Crippen LogP contribution in [-0.4, -0.2) is 19.0 Å². The van der Waals surface area contributed by atoms with E-state index in [0.29, 0.717) is 11.1 Å². The molecular formula is C18H15ClO4. The highest BCUT2D eigenvalue weighted by Crippen LogP contribution is 2.14. The van der Waals surface area contributed by atoms with Crippen LogP contribution in [0.15, 0.2) is 59.6 Å². The van der Waals surface area contributed by atoms with Gasteiger partial charge in [-0.2, -0.15) is 0 Å². The van der Waals surface area contributed by atoms with Crippen LogP contribution in [0, 0.1) is 0 Å². The van der Waals surface area contributed by atoms with Crippen molar-refractivity contribution in [2.24, 2.45) is 0 Å². The molecule has 0 saturated heterocycles. The van der Waals surface area contributed by atoms with Gasteiger partial charge in [0, 0.05) is 0 Å². The largest absolute Gasteiger partial charge is 0.465 e. The van der Waals surface area contributed by atoms with E-state index in [1.54, 1.807) is 24.3 Å². The molecule has 0 atom stereocenters. The third-order valence-electron chi connectivity index (χ3n) is 3.03. The second-order valence-corrected chi connectivity index (χ2v) is 5.07. The fraction of sp³-hybridized carbons (Fsp3) is 0.111. The molecule has 0 aliphatic heterocycles. The summed E-state index contributed by atoms with van der Waals surface area (Å²) in [6, 6.07) is 15.8. The second-order valence-electron chi connectivity index (χ2n) is 4.67. The summed E-state index contributed by atoms with van der Waals surface area (Å²) in [6.45, 7) is 0.158. The summed E-state index contributed by atoms with van der Waals surface area (Å²) in [6.07, 6.45) is 1.48. The molecule has 0 aliphatic rings. The topological polar surface area (TPSA) is 52.6 Å². The molecule has 23 heavy (non-hydrogen) atoms. The van der Waals surface area contributed by atoms with Crippen molar-refractivity contribution in [3.8, 4) is 0 Å². The number of carbonyl (C=O) groups excluding carboxylic acids is 2. The number of hydrogen-bond acceptors (Lipinski definition) is 4. The van der Waals surface area contributed by atoms with Gasteiger partial charge in [-0.25, -0.2) is 9.59 Å². The molecule has 2 rings (SSSR count). The molecule has 0 N–H and O–H groups in total. The average Bonchev–Trinajstić information content (AvgIpc) is 2.60. The van der Waals surface area contributed by atoms with Gasteiger partial charge in [0.2, 0.25) is 0 Å². The quantitative estimate of drug-likeness (QED) is 0.618. The molecule has 0 aromatic heterocycles. The van der Waals surface area contributed by atoms with Gasteiger partial charge >= 0.3 is 11.9 Å². The molecule has 118 valence electrons. The van der Waals surface area contributed by atoms with E-state index in [1.165, 1.54) is 13.2 Å². The molecule has 0 heterocycles. The van der Waals surface area contributed by atoms with Crippen molar-refractivity contribution >= 4 is 29.6 Å². The highest BCUT2D eigenvalue weighted by Gasteiger charge is 2.09. The molecule has 0 amide bonds. The van der Waals surface area contributed by atoms with E-state index >= 15 is 0 Å². The maximum Gasteiger partial charge on any atom is 0.350 e. The zero-order chi connectivity index (χ0) is 16.7. The third kappa shape index (κ3) is 4.97. The van der Waals surface area contributed by atoms with Gasteiger partial charge in [-0.3, -0.25) is 0 Å². The number of hydrogen-bond donors (Lipinski definition) is 0. The van der Waals surface area contributed by atoms with Crippen LogP contribution in [0.3, 0.4) is 0 Å². The van der Waals surface area contributed by atoms with Crippen molar-refractivity contribution in [1.82, 2.24) is 0 Å². The SMILES string of the molecule is COC(=O)c1ccc(/C=C(\Cl)C(=O)OCc2ccccc2)cc1. The minimum atomic E-state index is -0.604. The van der Waals surface area contributed by atoms with E-state index in [9.17, 15) is 9.59 Å². The Morgan fingerprint density at radius 2 is 1.70 bits per heavy atom. The van der Waals surface area contributed by atoms with E-state index in [1.807, 2.05) is 30.3 Å². The minimum absolute atomic E-state index is 0.0354. The molecule has 2 aromatic rings.